The van der Waals surface area contributed by atoms with Crippen LogP contribution < -0.4 is 5.73 Å². The molecule has 1 aromatic heterocycles. The molecule has 0 amide bonds. The predicted molar refractivity (Wildman–Crippen MR) is 99.7 cm³/mol. The van der Waals surface area contributed by atoms with Gasteiger partial charge in [0, 0.05) is 10.8 Å². The zero-order chi connectivity index (χ0) is 17.1. The second-order valence-electron chi connectivity index (χ2n) is 5.67. The van der Waals surface area contributed by atoms with E-state index in [1.54, 1.807) is 11.8 Å². The summed E-state index contributed by atoms with van der Waals surface area (Å²) in [5.74, 6) is 1.55. The van der Waals surface area contributed by atoms with Gasteiger partial charge in [0.05, 0.1) is 11.7 Å². The van der Waals surface area contributed by atoms with Crippen LogP contribution in [0.1, 0.15) is 29.9 Å². The van der Waals surface area contributed by atoms with Crippen molar-refractivity contribution in [1.29, 1.82) is 0 Å². The largest absolute Gasteiger partial charge is 0.322 e. The van der Waals surface area contributed by atoms with Crippen LogP contribution in [0.3, 0.4) is 0 Å². The summed E-state index contributed by atoms with van der Waals surface area (Å²) in [6.45, 7) is 3.95. The molecule has 0 radical (unpaired) electrons. The molecule has 1 atom stereocenters. The minimum Gasteiger partial charge on any atom is -0.322 e. The number of hydrogen-bond donors (Lipinski definition) is 1. The van der Waals surface area contributed by atoms with Crippen LogP contribution in [0.5, 0.6) is 0 Å². The van der Waals surface area contributed by atoms with Gasteiger partial charge in [0.1, 0.15) is 0 Å². The minimum absolute atomic E-state index is 0.220. The number of rotatable bonds is 5. The molecule has 6 heteroatoms. The highest BCUT2D eigenvalue weighted by molar-refractivity contribution is 7.98. The van der Waals surface area contributed by atoms with Crippen molar-refractivity contribution in [2.75, 3.05) is 0 Å². The Morgan fingerprint density at radius 1 is 1.17 bits per heavy atom. The molecule has 0 fully saturated rings. The Morgan fingerprint density at radius 2 is 1.92 bits per heavy atom. The van der Waals surface area contributed by atoms with Gasteiger partial charge in [-0.1, -0.05) is 59.8 Å². The molecule has 124 valence electrons. The minimum atomic E-state index is -0.220. The summed E-state index contributed by atoms with van der Waals surface area (Å²) >= 11 is 7.84. The molecule has 0 aliphatic rings. The van der Waals surface area contributed by atoms with E-state index in [2.05, 4.69) is 22.3 Å². The van der Waals surface area contributed by atoms with Crippen LogP contribution in [0.25, 0.3) is 5.69 Å². The molecule has 0 bridgehead atoms. The molecule has 4 nitrogen and oxygen atoms in total. The Balaban J connectivity index is 2.00. The molecule has 24 heavy (non-hydrogen) atoms. The van der Waals surface area contributed by atoms with Crippen molar-refractivity contribution < 1.29 is 0 Å². The first-order chi connectivity index (χ1) is 11.6. The van der Waals surface area contributed by atoms with E-state index in [0.29, 0.717) is 5.02 Å². The zero-order valence-corrected chi connectivity index (χ0v) is 15.2. The molecule has 0 saturated heterocycles. The molecule has 0 spiro atoms. The van der Waals surface area contributed by atoms with E-state index in [0.717, 1.165) is 28.0 Å². The van der Waals surface area contributed by atoms with E-state index in [1.807, 2.05) is 54.8 Å². The number of thioether (sulfide) groups is 1. The molecule has 3 aromatic rings. The summed E-state index contributed by atoms with van der Waals surface area (Å²) in [4.78, 5) is 0. The Bertz CT molecular complexity index is 830. The number of nitrogens with zero attached hydrogens (tertiary/aromatic N) is 3. The molecule has 0 saturated carbocycles. The topological polar surface area (TPSA) is 56.7 Å². The fraction of sp³-hybridized carbons (Fsp3) is 0.222. The number of aromatic nitrogens is 3. The zero-order valence-electron chi connectivity index (χ0n) is 13.6. The first-order valence-electron chi connectivity index (χ1n) is 7.70. The summed E-state index contributed by atoms with van der Waals surface area (Å²) in [5, 5.41) is 10.1. The smallest absolute Gasteiger partial charge is 0.196 e. The average Bonchev–Trinajstić information content (AvgIpc) is 3.00. The van der Waals surface area contributed by atoms with Crippen molar-refractivity contribution in [3.05, 3.63) is 70.5 Å². The van der Waals surface area contributed by atoms with Gasteiger partial charge in [-0.2, -0.15) is 0 Å². The number of aryl methyl sites for hydroxylation is 1. The normalized spacial score (nSPS) is 12.3. The van der Waals surface area contributed by atoms with Gasteiger partial charge in [0.2, 0.25) is 0 Å². The third-order valence-corrected chi connectivity index (χ3v) is 4.92. The van der Waals surface area contributed by atoms with E-state index in [9.17, 15) is 0 Å². The van der Waals surface area contributed by atoms with E-state index in [4.69, 9.17) is 17.3 Å². The van der Waals surface area contributed by atoms with E-state index >= 15 is 0 Å². The lowest BCUT2D eigenvalue weighted by molar-refractivity contribution is 0.703. The van der Waals surface area contributed by atoms with Gasteiger partial charge in [-0.05, 0) is 37.1 Å². The second-order valence-corrected chi connectivity index (χ2v) is 7.05. The average molecular weight is 359 g/mol. The van der Waals surface area contributed by atoms with E-state index in [-0.39, 0.29) is 6.04 Å². The summed E-state index contributed by atoms with van der Waals surface area (Å²) in [5.41, 5.74) is 9.40. The maximum absolute atomic E-state index is 6.20. The highest BCUT2D eigenvalue weighted by atomic mass is 35.5. The van der Waals surface area contributed by atoms with Crippen LogP contribution in [-0.2, 0) is 5.75 Å². The van der Waals surface area contributed by atoms with Crippen molar-refractivity contribution in [2.24, 2.45) is 5.73 Å². The van der Waals surface area contributed by atoms with Crippen LogP contribution >= 0.6 is 23.4 Å². The van der Waals surface area contributed by atoms with Crippen molar-refractivity contribution in [3.63, 3.8) is 0 Å². The predicted octanol–water partition coefficient (Wildman–Crippen LogP) is 4.54. The molecule has 0 aliphatic carbocycles. The van der Waals surface area contributed by atoms with Gasteiger partial charge >= 0.3 is 0 Å². The van der Waals surface area contributed by atoms with Crippen LogP contribution in [0.15, 0.2) is 53.7 Å². The molecule has 2 aromatic carbocycles. The number of nitrogens with two attached hydrogens (primary N) is 1. The summed E-state index contributed by atoms with van der Waals surface area (Å²) in [6.07, 6.45) is 0. The molecule has 2 N–H and O–H groups in total. The molecular formula is C18H19ClN4S. The van der Waals surface area contributed by atoms with Gasteiger partial charge in [-0.25, -0.2) is 0 Å². The standard InChI is InChI=1S/C18H19ClN4S/c1-12-8-9-15(19)10-16(12)23-17(13(2)20)21-22-18(23)24-11-14-6-4-3-5-7-14/h3-10,13H,11,20H2,1-2H3. The summed E-state index contributed by atoms with van der Waals surface area (Å²) in [7, 11) is 0. The lowest BCUT2D eigenvalue weighted by atomic mass is 10.2. The van der Waals surface area contributed by atoms with Gasteiger partial charge in [-0.3, -0.25) is 4.57 Å². The monoisotopic (exact) mass is 358 g/mol. The van der Waals surface area contributed by atoms with Crippen LogP contribution in [0, 0.1) is 6.92 Å². The highest BCUT2D eigenvalue weighted by Gasteiger charge is 2.18. The first-order valence-corrected chi connectivity index (χ1v) is 9.07. The third kappa shape index (κ3) is 3.64. The van der Waals surface area contributed by atoms with E-state index < -0.39 is 0 Å². The Labute approximate surface area is 151 Å². The maximum Gasteiger partial charge on any atom is 0.196 e. The number of halogens is 1. The van der Waals surface area contributed by atoms with Gasteiger partial charge in [0.15, 0.2) is 11.0 Å². The number of hydrogen-bond acceptors (Lipinski definition) is 4. The highest BCUT2D eigenvalue weighted by Crippen LogP contribution is 2.29. The van der Waals surface area contributed by atoms with Gasteiger partial charge < -0.3 is 5.73 Å². The Hall–Kier alpha value is -1.82. The Kier molecular flexibility index (Phi) is 5.23. The maximum atomic E-state index is 6.20. The summed E-state index contributed by atoms with van der Waals surface area (Å²) in [6, 6.07) is 15.9. The van der Waals surface area contributed by atoms with Crippen molar-refractivity contribution >= 4 is 23.4 Å². The lowest BCUT2D eigenvalue weighted by Crippen LogP contribution is -2.13. The van der Waals surface area contributed by atoms with Crippen LogP contribution in [0.2, 0.25) is 5.02 Å². The molecular weight excluding hydrogens is 340 g/mol. The van der Waals surface area contributed by atoms with Crippen molar-refractivity contribution in [2.45, 2.75) is 30.8 Å². The SMILES string of the molecule is Cc1ccc(Cl)cc1-n1c(SCc2ccccc2)nnc1C(C)N. The number of benzene rings is 2. The second kappa shape index (κ2) is 7.38. The molecule has 0 aliphatic heterocycles. The van der Waals surface area contributed by atoms with Gasteiger partial charge in [-0.15, -0.1) is 10.2 Å². The van der Waals surface area contributed by atoms with Crippen LogP contribution in [-0.4, -0.2) is 14.8 Å². The molecule has 3 rings (SSSR count). The van der Waals surface area contributed by atoms with Crippen molar-refractivity contribution in [3.8, 4) is 5.69 Å². The quantitative estimate of drug-likeness (QED) is 0.680. The summed E-state index contributed by atoms with van der Waals surface area (Å²) < 4.78 is 2.01. The third-order valence-electron chi connectivity index (χ3n) is 3.69. The molecule has 1 heterocycles. The first kappa shape index (κ1) is 17.0. The van der Waals surface area contributed by atoms with E-state index in [1.165, 1.54) is 5.56 Å². The van der Waals surface area contributed by atoms with Crippen molar-refractivity contribution in [1.82, 2.24) is 14.8 Å². The van der Waals surface area contributed by atoms with Gasteiger partial charge in [0.25, 0.3) is 0 Å². The molecule has 1 unspecified atom stereocenters. The van der Waals surface area contributed by atoms with Crippen LogP contribution in [0.4, 0.5) is 0 Å². The fourth-order valence-electron chi connectivity index (χ4n) is 2.44. The lowest BCUT2D eigenvalue weighted by Gasteiger charge is -2.14. The fourth-order valence-corrected chi connectivity index (χ4v) is 3.52. The Morgan fingerprint density at radius 3 is 2.62 bits per heavy atom.